The van der Waals surface area contributed by atoms with Gasteiger partial charge in [0, 0.05) is 12.6 Å². The molecular formula is C13H20ClNO2. The molecule has 0 radical (unpaired) electrons. The minimum Gasteiger partial charge on any atom is -0.495 e. The van der Waals surface area contributed by atoms with Crippen LogP contribution in [0.15, 0.2) is 12.1 Å². The van der Waals surface area contributed by atoms with Crippen molar-refractivity contribution in [3.8, 4) is 11.5 Å². The van der Waals surface area contributed by atoms with Crippen molar-refractivity contribution in [2.24, 2.45) is 5.41 Å². The molecule has 3 nitrogen and oxygen atoms in total. The van der Waals surface area contributed by atoms with E-state index in [-0.39, 0.29) is 5.41 Å². The van der Waals surface area contributed by atoms with Gasteiger partial charge in [-0.15, -0.1) is 0 Å². The van der Waals surface area contributed by atoms with Gasteiger partial charge in [0.2, 0.25) is 0 Å². The van der Waals surface area contributed by atoms with Crippen LogP contribution in [-0.2, 0) is 0 Å². The van der Waals surface area contributed by atoms with Gasteiger partial charge in [-0.1, -0.05) is 32.4 Å². The van der Waals surface area contributed by atoms with Crippen LogP contribution in [0.25, 0.3) is 0 Å². The first kappa shape index (κ1) is 14.0. The minimum atomic E-state index is 0.192. The third-order valence-electron chi connectivity index (χ3n) is 2.28. The van der Waals surface area contributed by atoms with Gasteiger partial charge in [-0.05, 0) is 11.5 Å². The van der Waals surface area contributed by atoms with E-state index in [2.05, 4.69) is 26.1 Å². The third kappa shape index (κ3) is 4.00. The lowest BCUT2D eigenvalue weighted by atomic mass is 9.97. The highest BCUT2D eigenvalue weighted by molar-refractivity contribution is 6.32. The zero-order valence-corrected chi connectivity index (χ0v) is 11.8. The molecule has 0 aliphatic heterocycles. The first-order valence-electron chi connectivity index (χ1n) is 5.53. The molecule has 0 unspecified atom stereocenters. The second kappa shape index (κ2) is 5.50. The Morgan fingerprint density at radius 3 is 2.18 bits per heavy atom. The predicted octanol–water partition coefficient (Wildman–Crippen LogP) is 3.82. The normalized spacial score (nSPS) is 11.2. The quantitative estimate of drug-likeness (QED) is 0.890. The summed E-state index contributed by atoms with van der Waals surface area (Å²) in [6.45, 7) is 7.33. The topological polar surface area (TPSA) is 30.5 Å². The number of hydrogen-bond acceptors (Lipinski definition) is 3. The van der Waals surface area contributed by atoms with Gasteiger partial charge in [0.1, 0.15) is 11.5 Å². The van der Waals surface area contributed by atoms with Crippen molar-refractivity contribution in [2.75, 3.05) is 26.1 Å². The average molecular weight is 258 g/mol. The van der Waals surface area contributed by atoms with Crippen molar-refractivity contribution in [3.63, 3.8) is 0 Å². The van der Waals surface area contributed by atoms with Crippen LogP contribution in [0.3, 0.4) is 0 Å². The molecule has 0 aliphatic rings. The van der Waals surface area contributed by atoms with Crippen LogP contribution in [0.4, 0.5) is 5.69 Å². The van der Waals surface area contributed by atoms with Gasteiger partial charge >= 0.3 is 0 Å². The zero-order chi connectivity index (χ0) is 13.1. The van der Waals surface area contributed by atoms with E-state index in [1.165, 1.54) is 0 Å². The maximum atomic E-state index is 6.09. The molecule has 0 atom stereocenters. The number of halogens is 1. The lowest BCUT2D eigenvalue weighted by Crippen LogP contribution is -2.19. The van der Waals surface area contributed by atoms with Gasteiger partial charge in [0.15, 0.2) is 0 Å². The second-order valence-corrected chi connectivity index (χ2v) is 5.51. The van der Waals surface area contributed by atoms with Crippen LogP contribution in [0.1, 0.15) is 20.8 Å². The molecule has 0 saturated heterocycles. The minimum absolute atomic E-state index is 0.192. The first-order chi connectivity index (χ1) is 7.87. The largest absolute Gasteiger partial charge is 0.495 e. The standard InChI is InChI=1S/C13H20ClNO2/c1-13(2,3)8-15-10-6-9(14)11(16-4)7-12(10)17-5/h6-7,15H,8H2,1-5H3. The highest BCUT2D eigenvalue weighted by atomic mass is 35.5. The van der Waals surface area contributed by atoms with Crippen LogP contribution < -0.4 is 14.8 Å². The van der Waals surface area contributed by atoms with E-state index in [1.54, 1.807) is 20.3 Å². The Bertz CT molecular complexity index is 386. The van der Waals surface area contributed by atoms with Gasteiger partial charge in [0.05, 0.1) is 24.9 Å². The maximum Gasteiger partial charge on any atom is 0.145 e. The fourth-order valence-electron chi connectivity index (χ4n) is 1.36. The molecule has 0 aromatic heterocycles. The van der Waals surface area contributed by atoms with E-state index in [0.29, 0.717) is 10.8 Å². The molecule has 17 heavy (non-hydrogen) atoms. The van der Waals surface area contributed by atoms with Gasteiger partial charge in [-0.2, -0.15) is 0 Å². The predicted molar refractivity (Wildman–Crippen MR) is 72.5 cm³/mol. The third-order valence-corrected chi connectivity index (χ3v) is 2.58. The number of methoxy groups -OCH3 is 2. The van der Waals surface area contributed by atoms with Crippen molar-refractivity contribution in [1.82, 2.24) is 0 Å². The molecule has 1 rings (SSSR count). The molecule has 0 fully saturated rings. The summed E-state index contributed by atoms with van der Waals surface area (Å²) in [6.07, 6.45) is 0. The number of ether oxygens (including phenoxy) is 2. The summed E-state index contributed by atoms with van der Waals surface area (Å²) < 4.78 is 10.5. The molecule has 0 aliphatic carbocycles. The monoisotopic (exact) mass is 257 g/mol. The molecule has 0 heterocycles. The second-order valence-electron chi connectivity index (χ2n) is 5.10. The van der Waals surface area contributed by atoms with Crippen LogP contribution in [-0.4, -0.2) is 20.8 Å². The Balaban J connectivity index is 2.95. The van der Waals surface area contributed by atoms with E-state index < -0.39 is 0 Å². The smallest absolute Gasteiger partial charge is 0.145 e. The van der Waals surface area contributed by atoms with Gasteiger partial charge < -0.3 is 14.8 Å². The number of benzene rings is 1. The molecule has 1 aromatic rings. The highest BCUT2D eigenvalue weighted by Crippen LogP contribution is 2.36. The van der Waals surface area contributed by atoms with Crippen molar-refractivity contribution in [3.05, 3.63) is 17.2 Å². The molecule has 0 spiro atoms. The Kier molecular flexibility index (Phi) is 4.52. The van der Waals surface area contributed by atoms with Gasteiger partial charge in [-0.25, -0.2) is 0 Å². The maximum absolute atomic E-state index is 6.09. The van der Waals surface area contributed by atoms with Gasteiger partial charge in [-0.3, -0.25) is 0 Å². The lowest BCUT2D eigenvalue weighted by Gasteiger charge is -2.21. The summed E-state index contributed by atoms with van der Waals surface area (Å²) in [5.41, 5.74) is 1.07. The van der Waals surface area contributed by atoms with Crippen molar-refractivity contribution >= 4 is 17.3 Å². The van der Waals surface area contributed by atoms with Crippen LogP contribution in [0.5, 0.6) is 11.5 Å². The molecular weight excluding hydrogens is 238 g/mol. The Morgan fingerprint density at radius 1 is 1.12 bits per heavy atom. The van der Waals surface area contributed by atoms with E-state index in [9.17, 15) is 0 Å². The van der Waals surface area contributed by atoms with E-state index in [1.807, 2.05) is 6.07 Å². The number of rotatable bonds is 4. The first-order valence-corrected chi connectivity index (χ1v) is 5.90. The highest BCUT2D eigenvalue weighted by Gasteiger charge is 2.13. The fourth-order valence-corrected chi connectivity index (χ4v) is 1.60. The molecule has 0 amide bonds. The van der Waals surface area contributed by atoms with Crippen molar-refractivity contribution < 1.29 is 9.47 Å². The molecule has 1 N–H and O–H groups in total. The number of anilines is 1. The summed E-state index contributed by atoms with van der Waals surface area (Å²) in [5.74, 6) is 1.35. The van der Waals surface area contributed by atoms with E-state index in [0.717, 1.165) is 18.0 Å². The SMILES string of the molecule is COc1cc(OC)c(NCC(C)(C)C)cc1Cl. The Labute approximate surface area is 108 Å². The molecule has 4 heteroatoms. The van der Waals surface area contributed by atoms with Crippen LogP contribution in [0.2, 0.25) is 5.02 Å². The van der Waals surface area contributed by atoms with Crippen LogP contribution >= 0.6 is 11.6 Å². The summed E-state index contributed by atoms with van der Waals surface area (Å²) in [5, 5.41) is 3.91. The number of hydrogen-bond donors (Lipinski definition) is 1. The molecule has 0 saturated carbocycles. The molecule has 96 valence electrons. The van der Waals surface area contributed by atoms with Crippen LogP contribution in [0, 0.1) is 5.41 Å². The lowest BCUT2D eigenvalue weighted by molar-refractivity contribution is 0.394. The Morgan fingerprint density at radius 2 is 1.71 bits per heavy atom. The average Bonchev–Trinajstić information content (AvgIpc) is 2.25. The number of nitrogens with one attached hydrogen (secondary N) is 1. The summed E-state index contributed by atoms with van der Waals surface area (Å²) >= 11 is 6.09. The summed E-state index contributed by atoms with van der Waals surface area (Å²) in [4.78, 5) is 0. The summed E-state index contributed by atoms with van der Waals surface area (Å²) in [7, 11) is 3.22. The summed E-state index contributed by atoms with van der Waals surface area (Å²) in [6, 6.07) is 3.61. The van der Waals surface area contributed by atoms with Crippen molar-refractivity contribution in [1.29, 1.82) is 0 Å². The van der Waals surface area contributed by atoms with Crippen molar-refractivity contribution in [2.45, 2.75) is 20.8 Å². The zero-order valence-electron chi connectivity index (χ0n) is 11.1. The van der Waals surface area contributed by atoms with Gasteiger partial charge in [0.25, 0.3) is 0 Å². The molecule has 0 bridgehead atoms. The Hall–Kier alpha value is -1.09. The van der Waals surface area contributed by atoms with E-state index >= 15 is 0 Å². The molecule has 1 aromatic carbocycles. The fraction of sp³-hybridized carbons (Fsp3) is 0.538. The van der Waals surface area contributed by atoms with E-state index in [4.69, 9.17) is 21.1 Å².